The van der Waals surface area contributed by atoms with Crippen LogP contribution in [-0.2, 0) is 19.1 Å². The van der Waals surface area contributed by atoms with E-state index in [1.807, 2.05) is 6.92 Å². The van der Waals surface area contributed by atoms with E-state index in [2.05, 4.69) is 0 Å². The average Bonchev–Trinajstić information content (AvgIpc) is 2.77. The topological polar surface area (TPSA) is 72.8 Å². The molecule has 22 heavy (non-hydrogen) atoms. The van der Waals surface area contributed by atoms with E-state index < -0.39 is 11.2 Å². The smallest absolute Gasteiger partial charge is 0.318 e. The van der Waals surface area contributed by atoms with Crippen molar-refractivity contribution in [2.24, 2.45) is 28.6 Å². The molecule has 3 aliphatic heterocycles. The van der Waals surface area contributed by atoms with Crippen molar-refractivity contribution in [2.45, 2.75) is 57.3 Å². The van der Waals surface area contributed by atoms with E-state index in [0.717, 1.165) is 19.3 Å². The van der Waals surface area contributed by atoms with Crippen LogP contribution in [0.4, 0.5) is 0 Å². The molecular formula is C17H22O5. The quantitative estimate of drug-likeness (QED) is 0.685. The van der Waals surface area contributed by atoms with Crippen LogP contribution >= 0.6 is 0 Å². The predicted molar refractivity (Wildman–Crippen MR) is 74.5 cm³/mol. The maximum atomic E-state index is 12.6. The zero-order valence-electron chi connectivity index (χ0n) is 12.8. The van der Waals surface area contributed by atoms with Crippen LogP contribution in [-0.4, -0.2) is 35.4 Å². The fraction of sp³-hybridized carbons (Fsp3) is 0.882. The lowest BCUT2D eigenvalue weighted by molar-refractivity contribution is -0.375. The van der Waals surface area contributed by atoms with Gasteiger partial charge in [-0.1, -0.05) is 0 Å². The molecule has 1 spiro atoms. The number of ketones is 1. The van der Waals surface area contributed by atoms with Gasteiger partial charge in [-0.15, -0.1) is 0 Å². The average molecular weight is 306 g/mol. The Hall–Kier alpha value is -0.940. The molecule has 6 fully saturated rings. The van der Waals surface area contributed by atoms with E-state index in [-0.39, 0.29) is 35.2 Å². The number of Topliss-reactive ketones (excluding diaryl/α,β-unsaturated/α-hetero) is 1. The molecule has 3 heterocycles. The van der Waals surface area contributed by atoms with Gasteiger partial charge in [0.05, 0.1) is 6.61 Å². The van der Waals surface area contributed by atoms with Gasteiger partial charge in [0, 0.05) is 30.1 Å². The fourth-order valence-electron chi connectivity index (χ4n) is 6.68. The van der Waals surface area contributed by atoms with Crippen LogP contribution in [0, 0.1) is 28.6 Å². The molecule has 2 unspecified atom stereocenters. The van der Waals surface area contributed by atoms with Gasteiger partial charge in [-0.05, 0) is 38.5 Å². The highest BCUT2D eigenvalue weighted by atomic mass is 16.6. The van der Waals surface area contributed by atoms with Gasteiger partial charge in [0.15, 0.2) is 5.79 Å². The summed E-state index contributed by atoms with van der Waals surface area (Å²) in [6.45, 7) is 2.28. The molecule has 6 rings (SSSR count). The van der Waals surface area contributed by atoms with E-state index >= 15 is 0 Å². The number of fused-ring (bicyclic) bond motifs is 3. The largest absolute Gasteiger partial charge is 0.461 e. The molecule has 3 saturated carbocycles. The van der Waals surface area contributed by atoms with Crippen LogP contribution in [0.2, 0.25) is 0 Å². The Labute approximate surface area is 129 Å². The molecule has 5 nitrogen and oxygen atoms in total. The second-order valence-corrected chi connectivity index (χ2v) is 8.24. The third-order valence-corrected chi connectivity index (χ3v) is 7.68. The zero-order valence-corrected chi connectivity index (χ0v) is 12.8. The van der Waals surface area contributed by atoms with Crippen molar-refractivity contribution in [1.82, 2.24) is 0 Å². The van der Waals surface area contributed by atoms with Crippen LogP contribution in [0.3, 0.4) is 0 Å². The van der Waals surface area contributed by atoms with E-state index in [4.69, 9.17) is 9.47 Å². The van der Waals surface area contributed by atoms with E-state index in [1.54, 1.807) is 0 Å². The number of hydrogen-bond acceptors (Lipinski definition) is 5. The summed E-state index contributed by atoms with van der Waals surface area (Å²) in [5, 5.41) is 10.9. The lowest BCUT2D eigenvalue weighted by Gasteiger charge is -2.66. The molecule has 2 bridgehead atoms. The highest BCUT2D eigenvalue weighted by Gasteiger charge is 2.79. The first-order valence-electron chi connectivity index (χ1n) is 8.52. The second-order valence-electron chi connectivity index (χ2n) is 8.24. The van der Waals surface area contributed by atoms with Gasteiger partial charge in [0.2, 0.25) is 0 Å². The molecule has 120 valence electrons. The van der Waals surface area contributed by atoms with Crippen LogP contribution in [0.15, 0.2) is 0 Å². The van der Waals surface area contributed by atoms with Gasteiger partial charge in [0.25, 0.3) is 0 Å². The maximum Gasteiger partial charge on any atom is 0.318 e. The number of carbonyl (C=O) groups is 2. The molecule has 7 atom stereocenters. The lowest BCUT2D eigenvalue weighted by Crippen LogP contribution is -2.73. The van der Waals surface area contributed by atoms with Crippen molar-refractivity contribution in [3.05, 3.63) is 0 Å². The van der Waals surface area contributed by atoms with Crippen LogP contribution in [0.5, 0.6) is 0 Å². The Morgan fingerprint density at radius 1 is 1.27 bits per heavy atom. The number of rotatable bonds is 0. The molecule has 6 aliphatic rings. The number of carbonyl (C=O) groups excluding carboxylic acids is 2. The molecule has 1 N–H and O–H groups in total. The van der Waals surface area contributed by atoms with Crippen LogP contribution in [0.1, 0.15) is 45.4 Å². The lowest BCUT2D eigenvalue weighted by atomic mass is 9.41. The first kappa shape index (κ1) is 13.5. The minimum atomic E-state index is -1.39. The van der Waals surface area contributed by atoms with Crippen molar-refractivity contribution in [3.63, 3.8) is 0 Å². The monoisotopic (exact) mass is 306 g/mol. The normalized spacial score (nSPS) is 59.0. The third-order valence-electron chi connectivity index (χ3n) is 7.68. The van der Waals surface area contributed by atoms with Crippen molar-refractivity contribution >= 4 is 11.8 Å². The summed E-state index contributed by atoms with van der Waals surface area (Å²) in [6, 6.07) is 0. The molecular weight excluding hydrogens is 284 g/mol. The third kappa shape index (κ3) is 1.20. The first-order valence-corrected chi connectivity index (χ1v) is 8.52. The first-order chi connectivity index (χ1) is 10.4. The van der Waals surface area contributed by atoms with Crippen LogP contribution < -0.4 is 0 Å². The summed E-state index contributed by atoms with van der Waals surface area (Å²) in [7, 11) is 0. The van der Waals surface area contributed by atoms with Crippen molar-refractivity contribution < 1.29 is 24.2 Å². The summed E-state index contributed by atoms with van der Waals surface area (Å²) in [6.07, 6.45) is 4.36. The standard InChI is InChI=1S/C17H22O5/c1-15-13-12(22-14(15)19)7-9-10(3-2-4-11(9)18)16(13)5-6-17(15,20)21-8-16/h9-10,12-13,20H,2-8H2,1H3/t9-,10?,12-,13?,15+,16+,17-/m1/s1. The molecule has 5 heteroatoms. The van der Waals surface area contributed by atoms with E-state index in [0.29, 0.717) is 31.7 Å². The van der Waals surface area contributed by atoms with E-state index in [9.17, 15) is 14.7 Å². The second kappa shape index (κ2) is 3.75. The maximum absolute atomic E-state index is 12.6. The van der Waals surface area contributed by atoms with Gasteiger partial charge in [0.1, 0.15) is 17.3 Å². The van der Waals surface area contributed by atoms with Crippen molar-refractivity contribution in [1.29, 1.82) is 0 Å². The number of esters is 1. The highest BCUT2D eigenvalue weighted by Crippen LogP contribution is 2.72. The molecule has 0 amide bonds. The zero-order chi connectivity index (χ0) is 15.3. The van der Waals surface area contributed by atoms with Gasteiger partial charge >= 0.3 is 5.97 Å². The molecule has 3 saturated heterocycles. The minimum Gasteiger partial charge on any atom is -0.461 e. The van der Waals surface area contributed by atoms with Gasteiger partial charge in [-0.3, -0.25) is 9.59 Å². The highest BCUT2D eigenvalue weighted by molar-refractivity contribution is 5.84. The molecule has 0 aromatic rings. The number of aliphatic hydroxyl groups is 1. The minimum absolute atomic E-state index is 0.00727. The Balaban J connectivity index is 1.69. The Morgan fingerprint density at radius 2 is 2.09 bits per heavy atom. The van der Waals surface area contributed by atoms with Gasteiger partial charge < -0.3 is 14.6 Å². The van der Waals surface area contributed by atoms with E-state index in [1.165, 1.54) is 0 Å². The number of hydrogen-bond donors (Lipinski definition) is 1. The predicted octanol–water partition coefficient (Wildman–Crippen LogP) is 1.42. The van der Waals surface area contributed by atoms with Gasteiger partial charge in [-0.25, -0.2) is 0 Å². The van der Waals surface area contributed by atoms with Crippen molar-refractivity contribution in [3.8, 4) is 0 Å². The Bertz CT molecular complexity index is 576. The summed E-state index contributed by atoms with van der Waals surface area (Å²) in [5.41, 5.74) is -1.14. The summed E-state index contributed by atoms with van der Waals surface area (Å²) in [5.74, 6) is -1.10. The SMILES string of the molecule is C[C@]12C(=O)O[C@@H]3C[C@H]4C(=O)CCCC4[C@@]4(CC[C@@]1(O)OC4)C32. The van der Waals surface area contributed by atoms with Gasteiger partial charge in [-0.2, -0.15) is 0 Å². The number of ether oxygens (including phenoxy) is 2. The molecule has 3 aliphatic carbocycles. The summed E-state index contributed by atoms with van der Waals surface area (Å²) >= 11 is 0. The molecule has 0 aromatic carbocycles. The fourth-order valence-corrected chi connectivity index (χ4v) is 6.68. The Kier molecular flexibility index (Phi) is 2.30. The molecule has 0 radical (unpaired) electrons. The summed E-state index contributed by atoms with van der Waals surface area (Å²) < 4.78 is 11.5. The summed E-state index contributed by atoms with van der Waals surface area (Å²) in [4.78, 5) is 25.0. The van der Waals surface area contributed by atoms with Crippen LogP contribution in [0.25, 0.3) is 0 Å². The Morgan fingerprint density at radius 3 is 2.82 bits per heavy atom. The van der Waals surface area contributed by atoms with Crippen molar-refractivity contribution in [2.75, 3.05) is 6.61 Å². The molecule has 0 aromatic heterocycles.